The molecule has 7 nitrogen and oxygen atoms in total. The fraction of sp³-hybridized carbons (Fsp3) is 0.500. The van der Waals surface area contributed by atoms with Crippen molar-refractivity contribution in [1.82, 2.24) is 5.32 Å². The Morgan fingerprint density at radius 1 is 1.00 bits per heavy atom. The van der Waals surface area contributed by atoms with Crippen molar-refractivity contribution in [2.24, 2.45) is 5.92 Å². The second-order valence-electron chi connectivity index (χ2n) is 8.44. The van der Waals surface area contributed by atoms with E-state index in [4.69, 9.17) is 9.47 Å². The summed E-state index contributed by atoms with van der Waals surface area (Å²) >= 11 is 0. The van der Waals surface area contributed by atoms with Crippen LogP contribution >= 0.6 is 7.37 Å². The predicted molar refractivity (Wildman–Crippen MR) is 122 cm³/mol. The summed E-state index contributed by atoms with van der Waals surface area (Å²) in [6.07, 6.45) is 3.27. The minimum atomic E-state index is -3.59. The molecule has 1 fully saturated rings. The molecule has 2 atom stereocenters. The number of benzene rings is 2. The number of hydrogen-bond acceptors (Lipinski definition) is 7. The Kier molecular flexibility index (Phi) is 11.8. The summed E-state index contributed by atoms with van der Waals surface area (Å²) in [5.41, 5.74) is -0.297. The van der Waals surface area contributed by atoms with Crippen LogP contribution in [0.1, 0.15) is 32.1 Å². The van der Waals surface area contributed by atoms with Crippen LogP contribution in [0.3, 0.4) is 0 Å². The Bertz CT molecular complexity index is 846. The van der Waals surface area contributed by atoms with Gasteiger partial charge in [0, 0.05) is 12.2 Å². The molecule has 0 bridgehead atoms. The van der Waals surface area contributed by atoms with Crippen molar-refractivity contribution in [2.75, 3.05) is 26.0 Å². The maximum Gasteiger partial charge on any atom is 1.00 e. The third-order valence-corrected chi connectivity index (χ3v) is 8.03. The molecule has 33 heavy (non-hydrogen) atoms. The van der Waals surface area contributed by atoms with E-state index in [2.05, 4.69) is 5.32 Å². The van der Waals surface area contributed by atoms with E-state index < -0.39 is 13.5 Å². The number of hydrogen-bond donors (Lipinski definition) is 3. The van der Waals surface area contributed by atoms with E-state index in [0.29, 0.717) is 36.8 Å². The first kappa shape index (κ1) is 27.8. The van der Waals surface area contributed by atoms with Crippen molar-refractivity contribution in [3.8, 4) is 17.2 Å². The Morgan fingerprint density at radius 3 is 2.30 bits per heavy atom. The molecule has 0 heterocycles. The fourth-order valence-electron chi connectivity index (χ4n) is 3.98. The van der Waals surface area contributed by atoms with Gasteiger partial charge in [-0.25, -0.2) is 0 Å². The van der Waals surface area contributed by atoms with Gasteiger partial charge in [-0.2, -0.15) is 0 Å². The van der Waals surface area contributed by atoms with Crippen molar-refractivity contribution >= 4 is 7.37 Å². The van der Waals surface area contributed by atoms with Crippen molar-refractivity contribution in [3.05, 3.63) is 54.6 Å². The molecule has 0 radical (unpaired) electrons. The number of aliphatic hydroxyl groups is 1. The minimum Gasteiger partial charge on any atom is -0.797 e. The van der Waals surface area contributed by atoms with Crippen molar-refractivity contribution in [2.45, 2.75) is 43.9 Å². The van der Waals surface area contributed by atoms with Crippen molar-refractivity contribution < 1.29 is 48.0 Å². The zero-order valence-corrected chi connectivity index (χ0v) is 20.2. The first-order valence-electron chi connectivity index (χ1n) is 11.2. The molecule has 1 saturated carbocycles. The normalized spacial score (nSPS) is 20.8. The van der Waals surface area contributed by atoms with Crippen LogP contribution in [0.4, 0.5) is 0 Å². The molecule has 0 amide bonds. The number of para-hydroxylation sites is 1. The molecule has 1 aliphatic rings. The smallest absolute Gasteiger partial charge is 0.797 e. The van der Waals surface area contributed by atoms with Crippen LogP contribution in [0, 0.1) is 5.92 Å². The van der Waals surface area contributed by atoms with E-state index >= 15 is 0 Å². The molecule has 0 spiro atoms. The fourth-order valence-corrected chi connectivity index (χ4v) is 5.61. The van der Waals surface area contributed by atoms with Crippen LogP contribution in [0.15, 0.2) is 54.6 Å². The molecular formula is C24H33LiNO6P. The second kappa shape index (κ2) is 14.1. The van der Waals surface area contributed by atoms with Gasteiger partial charge in [0.2, 0.25) is 0 Å². The minimum absolute atomic E-state index is 0. The van der Waals surface area contributed by atoms with Gasteiger partial charge in [-0.05, 0) is 81.0 Å². The average molecular weight is 469 g/mol. The van der Waals surface area contributed by atoms with Crippen LogP contribution in [0.5, 0.6) is 17.2 Å². The van der Waals surface area contributed by atoms with E-state index in [1.807, 2.05) is 18.2 Å². The quantitative estimate of drug-likeness (QED) is 0.234. The maximum atomic E-state index is 12.6. The monoisotopic (exact) mass is 469 g/mol. The zero-order valence-electron chi connectivity index (χ0n) is 19.3. The molecular weight excluding hydrogens is 436 g/mol. The van der Waals surface area contributed by atoms with Gasteiger partial charge in [0.25, 0.3) is 0 Å². The molecule has 2 aromatic carbocycles. The van der Waals surface area contributed by atoms with Crippen LogP contribution in [0.2, 0.25) is 0 Å². The number of phenolic OH excluding ortho intramolecular Hbond substituents is 1. The standard InChI is InChI=1S/C24H34NO6P.Li/c26-20-8-10-23(11-9-20)30-17-21(27)16-25-15-14-19-6-12-24(13-7-19)32(28,29)18-31-22-4-2-1-3-5-22;/h1-5,8-11,19,21,24-27H,6-7,12-18H2,(H,28,29);/q;+1/p-1/t19?,21-,24?;/m0./s1. The predicted octanol–water partition coefficient (Wildman–Crippen LogP) is 0.349. The number of aliphatic hydroxyl groups excluding tert-OH is 1. The number of phenols is 1. The van der Waals surface area contributed by atoms with Crippen molar-refractivity contribution in [1.29, 1.82) is 0 Å². The molecule has 0 saturated heterocycles. The second-order valence-corrected chi connectivity index (χ2v) is 10.9. The number of nitrogens with one attached hydrogen (secondary N) is 1. The summed E-state index contributed by atoms with van der Waals surface area (Å²) in [7, 11) is -3.59. The average Bonchev–Trinajstić information content (AvgIpc) is 2.81. The number of ether oxygens (including phenoxy) is 2. The van der Waals surface area contributed by atoms with Crippen molar-refractivity contribution in [3.63, 3.8) is 0 Å². The van der Waals surface area contributed by atoms with Crippen LogP contribution in [-0.4, -0.2) is 48.0 Å². The van der Waals surface area contributed by atoms with Crippen LogP contribution < -0.4 is 38.5 Å². The van der Waals surface area contributed by atoms with Gasteiger partial charge in [-0.3, -0.25) is 0 Å². The van der Waals surface area contributed by atoms with E-state index in [9.17, 15) is 19.7 Å². The molecule has 1 unspecified atom stereocenters. The molecule has 3 rings (SSSR count). The molecule has 0 aliphatic heterocycles. The van der Waals surface area contributed by atoms with Gasteiger partial charge < -0.3 is 34.5 Å². The summed E-state index contributed by atoms with van der Waals surface area (Å²) in [4.78, 5) is 12.6. The summed E-state index contributed by atoms with van der Waals surface area (Å²) in [6.45, 7) is 1.38. The SMILES string of the molecule is O=P([O-])(COc1ccccc1)C1CCC(CCNC[C@H](O)COc2ccc(O)cc2)CC1.[Li+]. The summed E-state index contributed by atoms with van der Waals surface area (Å²) in [6, 6.07) is 15.4. The molecule has 3 N–H and O–H groups in total. The van der Waals surface area contributed by atoms with Gasteiger partial charge in [-0.1, -0.05) is 18.2 Å². The Hall–Kier alpha value is -1.45. The van der Waals surface area contributed by atoms with Gasteiger partial charge in [-0.15, -0.1) is 0 Å². The maximum absolute atomic E-state index is 12.6. The zero-order chi connectivity index (χ0) is 22.8. The molecule has 176 valence electrons. The van der Waals surface area contributed by atoms with Gasteiger partial charge in [0.15, 0.2) is 0 Å². The van der Waals surface area contributed by atoms with Gasteiger partial charge in [0.05, 0.1) is 7.37 Å². The van der Waals surface area contributed by atoms with Crippen LogP contribution in [0.25, 0.3) is 0 Å². The third kappa shape index (κ3) is 9.74. The molecule has 1 aliphatic carbocycles. The summed E-state index contributed by atoms with van der Waals surface area (Å²) in [5, 5.41) is 22.6. The number of rotatable bonds is 12. The van der Waals surface area contributed by atoms with E-state index in [0.717, 1.165) is 25.8 Å². The van der Waals surface area contributed by atoms with Gasteiger partial charge in [0.1, 0.15) is 36.3 Å². The first-order chi connectivity index (χ1) is 15.4. The third-order valence-electron chi connectivity index (χ3n) is 5.92. The molecule has 9 heteroatoms. The summed E-state index contributed by atoms with van der Waals surface area (Å²) < 4.78 is 23.6. The van der Waals surface area contributed by atoms with E-state index in [1.54, 1.807) is 24.3 Å². The molecule has 2 aromatic rings. The Balaban J connectivity index is 0.00000385. The topological polar surface area (TPSA) is 111 Å². The van der Waals surface area contributed by atoms with Gasteiger partial charge >= 0.3 is 18.9 Å². The summed E-state index contributed by atoms with van der Waals surface area (Å²) in [5.74, 6) is 1.86. The number of aromatic hydroxyl groups is 1. The first-order valence-corrected chi connectivity index (χ1v) is 13.1. The Morgan fingerprint density at radius 2 is 1.64 bits per heavy atom. The van der Waals surface area contributed by atoms with Crippen LogP contribution in [-0.2, 0) is 4.57 Å². The van der Waals surface area contributed by atoms with E-state index in [-0.39, 0.29) is 43.2 Å². The van der Waals surface area contributed by atoms with E-state index in [1.165, 1.54) is 12.1 Å². The Labute approximate surface area is 208 Å². The largest absolute Gasteiger partial charge is 1.00 e. The molecule has 0 aromatic heterocycles.